The molecule has 0 radical (unpaired) electrons. The largest absolute Gasteiger partial charge is 0.476 e. The standard InChI is InChI=1S/C19H12Cl2F6N2O5S/c20-9-7(1-2-8(10(9)21)17(33,18(22,23)24)19(25,26)27)12-11(15(31)32)28-13(35-12)14(30)29-3-16(4-29)5-34-6-16/h1-2,33H,3-6H2,(H,31,32). The first kappa shape index (κ1) is 25.9. The van der Waals surface area contributed by atoms with E-state index in [2.05, 4.69) is 4.98 Å². The lowest BCUT2D eigenvalue weighted by Crippen LogP contribution is -2.67. The fraction of sp³-hybridized carbons (Fsp3) is 0.421. The van der Waals surface area contributed by atoms with Crippen molar-refractivity contribution in [3.05, 3.63) is 38.4 Å². The Bertz CT molecular complexity index is 1210. The van der Waals surface area contributed by atoms with E-state index >= 15 is 0 Å². The first-order chi connectivity index (χ1) is 16.0. The average Bonchev–Trinajstić information content (AvgIpc) is 3.11. The molecule has 1 spiro atoms. The molecular formula is C19H12Cl2F6N2O5S. The number of thiazole rings is 1. The third-order valence-electron chi connectivity index (χ3n) is 5.71. The van der Waals surface area contributed by atoms with Gasteiger partial charge in [0.25, 0.3) is 11.5 Å². The van der Waals surface area contributed by atoms with Crippen molar-refractivity contribution in [2.24, 2.45) is 5.41 Å². The number of nitrogens with zero attached hydrogens (tertiary/aromatic N) is 2. The van der Waals surface area contributed by atoms with E-state index in [-0.39, 0.29) is 26.9 Å². The van der Waals surface area contributed by atoms with Gasteiger partial charge in [0.05, 0.1) is 33.6 Å². The number of hydrogen-bond acceptors (Lipinski definition) is 6. The number of benzene rings is 1. The van der Waals surface area contributed by atoms with Crippen LogP contribution in [0.3, 0.4) is 0 Å². The summed E-state index contributed by atoms with van der Waals surface area (Å²) in [5.41, 5.74) is -8.37. The predicted octanol–water partition coefficient (Wildman–Crippen LogP) is 4.60. The van der Waals surface area contributed by atoms with E-state index in [1.807, 2.05) is 0 Å². The van der Waals surface area contributed by atoms with Crippen LogP contribution < -0.4 is 0 Å². The molecule has 16 heteroatoms. The van der Waals surface area contributed by atoms with Crippen molar-refractivity contribution < 1.29 is 50.9 Å². The summed E-state index contributed by atoms with van der Waals surface area (Å²) < 4.78 is 84.8. The van der Waals surface area contributed by atoms with Gasteiger partial charge in [0, 0.05) is 24.2 Å². The van der Waals surface area contributed by atoms with Gasteiger partial charge in [-0.15, -0.1) is 11.3 Å². The second kappa shape index (κ2) is 8.20. The number of amides is 1. The van der Waals surface area contributed by atoms with Gasteiger partial charge in [-0.05, 0) is 0 Å². The Kier molecular flexibility index (Phi) is 6.08. The number of ether oxygens (including phenoxy) is 1. The Morgan fingerprint density at radius 3 is 2.09 bits per heavy atom. The second-order valence-electron chi connectivity index (χ2n) is 8.15. The number of carbonyl (C=O) groups excluding carboxylic acids is 1. The van der Waals surface area contributed by atoms with E-state index in [9.17, 15) is 46.1 Å². The van der Waals surface area contributed by atoms with Crippen molar-refractivity contribution >= 4 is 46.4 Å². The maximum atomic E-state index is 13.3. The summed E-state index contributed by atoms with van der Waals surface area (Å²) >= 11 is 12.2. The molecule has 2 aliphatic heterocycles. The molecule has 1 amide bonds. The average molecular weight is 565 g/mol. The van der Waals surface area contributed by atoms with Gasteiger partial charge in [-0.1, -0.05) is 35.3 Å². The van der Waals surface area contributed by atoms with Crippen LogP contribution in [0, 0.1) is 5.41 Å². The number of carbonyl (C=O) groups is 2. The van der Waals surface area contributed by atoms with Crippen molar-refractivity contribution in [2.75, 3.05) is 26.3 Å². The molecule has 2 saturated heterocycles. The van der Waals surface area contributed by atoms with E-state index < -0.39 is 51.1 Å². The van der Waals surface area contributed by atoms with Crippen LogP contribution in [0.15, 0.2) is 12.1 Å². The Hall–Kier alpha value is -2.13. The molecule has 4 rings (SSSR count). The summed E-state index contributed by atoms with van der Waals surface area (Å²) in [5, 5.41) is 16.7. The van der Waals surface area contributed by atoms with E-state index in [0.29, 0.717) is 43.7 Å². The van der Waals surface area contributed by atoms with Crippen LogP contribution in [-0.2, 0) is 10.3 Å². The molecular weight excluding hydrogens is 553 g/mol. The quantitative estimate of drug-likeness (QED) is 0.526. The van der Waals surface area contributed by atoms with Crippen LogP contribution in [-0.4, -0.2) is 70.6 Å². The molecule has 7 nitrogen and oxygen atoms in total. The predicted molar refractivity (Wildman–Crippen MR) is 110 cm³/mol. The third-order valence-corrected chi connectivity index (χ3v) is 7.66. The minimum atomic E-state index is -6.21. The molecule has 35 heavy (non-hydrogen) atoms. The van der Waals surface area contributed by atoms with E-state index in [1.54, 1.807) is 0 Å². The van der Waals surface area contributed by atoms with Gasteiger partial charge in [0.2, 0.25) is 0 Å². The maximum Gasteiger partial charge on any atom is 0.430 e. The zero-order valence-corrected chi connectivity index (χ0v) is 19.3. The van der Waals surface area contributed by atoms with Crippen molar-refractivity contribution in [1.29, 1.82) is 0 Å². The smallest absolute Gasteiger partial charge is 0.430 e. The highest BCUT2D eigenvalue weighted by Crippen LogP contribution is 2.54. The number of carboxylic acid groups (broad SMARTS) is 1. The molecule has 1 aromatic heterocycles. The number of hydrogen-bond donors (Lipinski definition) is 2. The molecule has 0 unspecified atom stereocenters. The van der Waals surface area contributed by atoms with Crippen molar-refractivity contribution in [3.8, 4) is 10.4 Å². The lowest BCUT2D eigenvalue weighted by atomic mass is 9.78. The van der Waals surface area contributed by atoms with Crippen molar-refractivity contribution in [3.63, 3.8) is 0 Å². The normalized spacial score (nSPS) is 17.8. The topological polar surface area (TPSA) is 100.0 Å². The number of aromatic nitrogens is 1. The van der Waals surface area contributed by atoms with Crippen LogP contribution in [0.5, 0.6) is 0 Å². The van der Waals surface area contributed by atoms with Gasteiger partial charge >= 0.3 is 18.3 Å². The first-order valence-electron chi connectivity index (χ1n) is 9.48. The number of likely N-dealkylation sites (tertiary alicyclic amines) is 1. The van der Waals surface area contributed by atoms with E-state index in [1.165, 1.54) is 4.90 Å². The number of aromatic carboxylic acids is 1. The van der Waals surface area contributed by atoms with Gasteiger partial charge < -0.3 is 19.8 Å². The number of carboxylic acids is 1. The van der Waals surface area contributed by atoms with Gasteiger partial charge in [-0.25, -0.2) is 9.78 Å². The molecule has 0 saturated carbocycles. The lowest BCUT2D eigenvalue weighted by Gasteiger charge is -2.54. The molecule has 190 valence electrons. The fourth-order valence-electron chi connectivity index (χ4n) is 3.83. The summed E-state index contributed by atoms with van der Waals surface area (Å²) in [5.74, 6) is -2.23. The summed E-state index contributed by atoms with van der Waals surface area (Å²) in [4.78, 5) is 29.3. The molecule has 0 aliphatic carbocycles. The molecule has 0 bridgehead atoms. The molecule has 3 heterocycles. The van der Waals surface area contributed by atoms with E-state index in [0.717, 1.165) is 0 Å². The van der Waals surface area contributed by atoms with Crippen molar-refractivity contribution in [2.45, 2.75) is 18.0 Å². The summed E-state index contributed by atoms with van der Waals surface area (Å²) in [6, 6.07) is 0.887. The monoisotopic (exact) mass is 564 g/mol. The third kappa shape index (κ3) is 3.95. The second-order valence-corrected chi connectivity index (χ2v) is 9.91. The molecule has 1 aromatic carbocycles. The van der Waals surface area contributed by atoms with Crippen LogP contribution >= 0.6 is 34.5 Å². The molecule has 2 aliphatic rings. The minimum Gasteiger partial charge on any atom is -0.476 e. The van der Waals surface area contributed by atoms with Crippen LogP contribution in [0.1, 0.15) is 25.9 Å². The zero-order valence-electron chi connectivity index (χ0n) is 16.9. The van der Waals surface area contributed by atoms with Crippen LogP contribution in [0.2, 0.25) is 10.0 Å². The van der Waals surface area contributed by atoms with Gasteiger partial charge in [-0.3, -0.25) is 4.79 Å². The Balaban J connectivity index is 1.76. The Morgan fingerprint density at radius 2 is 1.63 bits per heavy atom. The highest BCUT2D eigenvalue weighted by molar-refractivity contribution is 7.17. The van der Waals surface area contributed by atoms with E-state index in [4.69, 9.17) is 27.9 Å². The highest BCUT2D eigenvalue weighted by atomic mass is 35.5. The van der Waals surface area contributed by atoms with Crippen LogP contribution in [0.4, 0.5) is 26.3 Å². The highest BCUT2D eigenvalue weighted by Gasteiger charge is 2.72. The fourth-order valence-corrected chi connectivity index (χ4v) is 5.50. The number of rotatable bonds is 4. The summed E-state index contributed by atoms with van der Waals surface area (Å²) in [6.07, 6.45) is -12.4. The lowest BCUT2D eigenvalue weighted by molar-refractivity contribution is -0.376. The summed E-state index contributed by atoms with van der Waals surface area (Å²) in [7, 11) is 0. The van der Waals surface area contributed by atoms with Gasteiger partial charge in [0.15, 0.2) is 10.7 Å². The van der Waals surface area contributed by atoms with Gasteiger partial charge in [-0.2, -0.15) is 26.3 Å². The van der Waals surface area contributed by atoms with Gasteiger partial charge in [0.1, 0.15) is 0 Å². The number of alkyl halides is 6. The Morgan fingerprint density at radius 1 is 1.06 bits per heavy atom. The summed E-state index contributed by atoms with van der Waals surface area (Å²) in [6.45, 7) is 1.67. The zero-order chi connectivity index (χ0) is 26.1. The molecule has 0 atom stereocenters. The number of halogens is 8. The molecule has 2 N–H and O–H groups in total. The van der Waals surface area contributed by atoms with Crippen molar-refractivity contribution in [1.82, 2.24) is 9.88 Å². The molecule has 2 fully saturated rings. The SMILES string of the molecule is O=C(O)c1nc(C(=O)N2CC3(COC3)C2)sc1-c1ccc(C(O)(C(F)(F)F)C(F)(F)F)c(Cl)c1Cl. The first-order valence-corrected chi connectivity index (χ1v) is 11.1. The minimum absolute atomic E-state index is 0.147. The molecule has 2 aromatic rings. The number of aliphatic hydroxyl groups is 1. The Labute approximate surface area is 205 Å². The van der Waals surface area contributed by atoms with Crippen LogP contribution in [0.25, 0.3) is 10.4 Å². The maximum absolute atomic E-state index is 13.3.